The lowest BCUT2D eigenvalue weighted by Crippen LogP contribution is -2.54. The average Bonchev–Trinajstić information content (AvgIpc) is 2.55. The monoisotopic (exact) mass is 186 g/mol. The molecule has 1 fully saturated rings. The van der Waals surface area contributed by atoms with Crippen LogP contribution in [-0.2, 0) is 0 Å². The molecule has 0 aromatic heterocycles. The first-order valence-corrected chi connectivity index (χ1v) is 8.02. The molecule has 3 heteroatoms. The second kappa shape index (κ2) is 3.90. The summed E-state index contributed by atoms with van der Waals surface area (Å²) in [5.41, 5.74) is 4.29. The standard InChI is InChI=1S/C9H22N2Si/c1-10-11(2)12(3,4)9-7-5-6-8-9/h9-10H,5-8H2,1-4H3. The smallest absolute Gasteiger partial charge is 0.142 e. The molecule has 0 radical (unpaired) electrons. The van der Waals surface area contributed by atoms with Crippen LogP contribution < -0.4 is 5.43 Å². The summed E-state index contributed by atoms with van der Waals surface area (Å²) in [7, 11) is 3.08. The van der Waals surface area contributed by atoms with Crippen LogP contribution in [0.4, 0.5) is 0 Å². The van der Waals surface area contributed by atoms with Crippen LogP contribution in [0.25, 0.3) is 0 Å². The number of hydrogen-bond donors (Lipinski definition) is 1. The highest BCUT2D eigenvalue weighted by molar-refractivity contribution is 6.76. The van der Waals surface area contributed by atoms with E-state index in [4.69, 9.17) is 0 Å². The molecule has 2 nitrogen and oxygen atoms in total. The minimum atomic E-state index is -1.15. The van der Waals surface area contributed by atoms with E-state index in [-0.39, 0.29) is 0 Å². The van der Waals surface area contributed by atoms with E-state index < -0.39 is 8.24 Å². The van der Waals surface area contributed by atoms with Gasteiger partial charge in [-0.05, 0) is 19.6 Å². The Labute approximate surface area is 77.4 Å². The fraction of sp³-hybridized carbons (Fsp3) is 1.00. The minimum Gasteiger partial charge on any atom is -0.269 e. The molecule has 12 heavy (non-hydrogen) atoms. The molecule has 0 aromatic carbocycles. The zero-order valence-electron chi connectivity index (χ0n) is 8.85. The molecule has 1 rings (SSSR count). The summed E-state index contributed by atoms with van der Waals surface area (Å²) in [5.74, 6) is 0. The first-order valence-electron chi connectivity index (χ1n) is 5.00. The van der Waals surface area contributed by atoms with Gasteiger partial charge < -0.3 is 0 Å². The molecule has 0 atom stereocenters. The van der Waals surface area contributed by atoms with Crippen molar-refractivity contribution in [3.8, 4) is 0 Å². The number of rotatable bonds is 3. The molecule has 0 aliphatic heterocycles. The highest BCUT2D eigenvalue weighted by Crippen LogP contribution is 2.38. The molecule has 0 unspecified atom stereocenters. The van der Waals surface area contributed by atoms with Crippen LogP contribution in [0.5, 0.6) is 0 Å². The lowest BCUT2D eigenvalue weighted by Gasteiger charge is -2.37. The highest BCUT2D eigenvalue weighted by atomic mass is 28.3. The Kier molecular flexibility index (Phi) is 3.32. The molecule has 1 saturated carbocycles. The van der Waals surface area contributed by atoms with E-state index in [9.17, 15) is 0 Å². The van der Waals surface area contributed by atoms with Gasteiger partial charge in [0, 0.05) is 0 Å². The maximum atomic E-state index is 3.28. The molecule has 0 spiro atoms. The van der Waals surface area contributed by atoms with Crippen molar-refractivity contribution in [2.75, 3.05) is 14.1 Å². The van der Waals surface area contributed by atoms with E-state index in [1.165, 1.54) is 25.7 Å². The van der Waals surface area contributed by atoms with E-state index >= 15 is 0 Å². The zero-order chi connectivity index (χ0) is 9.19. The van der Waals surface area contributed by atoms with E-state index in [0.29, 0.717) is 0 Å². The van der Waals surface area contributed by atoms with Crippen molar-refractivity contribution in [1.82, 2.24) is 10.1 Å². The van der Waals surface area contributed by atoms with Crippen LogP contribution in [0.3, 0.4) is 0 Å². The number of hydrazine groups is 1. The summed E-state index contributed by atoms with van der Waals surface area (Å²) < 4.78 is 2.38. The third kappa shape index (κ3) is 1.89. The Bertz CT molecular complexity index is 141. The Morgan fingerprint density at radius 2 is 1.75 bits per heavy atom. The van der Waals surface area contributed by atoms with Crippen molar-refractivity contribution >= 4 is 8.24 Å². The van der Waals surface area contributed by atoms with Gasteiger partial charge in [0.1, 0.15) is 8.24 Å². The molecule has 0 saturated heterocycles. The van der Waals surface area contributed by atoms with Crippen LogP contribution in [0.15, 0.2) is 0 Å². The third-order valence-electron chi connectivity index (χ3n) is 3.55. The van der Waals surface area contributed by atoms with Crippen LogP contribution >= 0.6 is 0 Å². The Morgan fingerprint density at radius 1 is 1.25 bits per heavy atom. The summed E-state index contributed by atoms with van der Waals surface area (Å²) in [6, 6.07) is 0. The van der Waals surface area contributed by atoms with Gasteiger partial charge in [-0.15, -0.1) is 0 Å². The molecule has 0 amide bonds. The molecular formula is C9H22N2Si. The molecule has 1 aliphatic rings. The third-order valence-corrected chi connectivity index (χ3v) is 8.08. The van der Waals surface area contributed by atoms with E-state index in [1.807, 2.05) is 7.05 Å². The maximum Gasteiger partial charge on any atom is 0.142 e. The quantitative estimate of drug-likeness (QED) is 0.537. The second-order valence-electron chi connectivity index (χ2n) is 4.42. The number of nitrogens with zero attached hydrogens (tertiary/aromatic N) is 1. The van der Waals surface area contributed by atoms with Gasteiger partial charge in [0.25, 0.3) is 0 Å². The molecule has 0 bridgehead atoms. The fourth-order valence-corrected chi connectivity index (χ4v) is 5.14. The van der Waals surface area contributed by atoms with Gasteiger partial charge in [0.15, 0.2) is 0 Å². The molecule has 1 aliphatic carbocycles. The normalized spacial score (nSPS) is 20.8. The molecule has 0 heterocycles. The summed E-state index contributed by atoms with van der Waals surface area (Å²) in [5, 5.41) is 0. The summed E-state index contributed by atoms with van der Waals surface area (Å²) >= 11 is 0. The molecule has 0 aromatic rings. The van der Waals surface area contributed by atoms with Crippen molar-refractivity contribution in [3.05, 3.63) is 0 Å². The van der Waals surface area contributed by atoms with Crippen molar-refractivity contribution in [2.24, 2.45) is 0 Å². The van der Waals surface area contributed by atoms with E-state index in [1.54, 1.807) is 0 Å². The summed E-state index contributed by atoms with van der Waals surface area (Å²) in [6.45, 7) is 4.94. The lowest BCUT2D eigenvalue weighted by atomic mass is 10.4. The van der Waals surface area contributed by atoms with Gasteiger partial charge in [-0.2, -0.15) is 0 Å². The van der Waals surface area contributed by atoms with Crippen LogP contribution in [0, 0.1) is 0 Å². The molecular weight excluding hydrogens is 164 g/mol. The zero-order valence-corrected chi connectivity index (χ0v) is 9.85. The van der Waals surface area contributed by atoms with E-state index in [2.05, 4.69) is 30.2 Å². The van der Waals surface area contributed by atoms with Gasteiger partial charge in [-0.25, -0.2) is 0 Å². The van der Waals surface area contributed by atoms with Gasteiger partial charge in [-0.3, -0.25) is 10.1 Å². The van der Waals surface area contributed by atoms with Gasteiger partial charge in [-0.1, -0.05) is 38.8 Å². The minimum absolute atomic E-state index is 1.01. The Balaban J connectivity index is 2.56. The SMILES string of the molecule is CNN(C)[Si](C)(C)C1CCCC1. The highest BCUT2D eigenvalue weighted by Gasteiger charge is 2.37. The van der Waals surface area contributed by atoms with Crippen LogP contribution in [0.1, 0.15) is 25.7 Å². The predicted octanol–water partition coefficient (Wildman–Crippen LogP) is 2.20. The topological polar surface area (TPSA) is 15.3 Å². The first-order chi connectivity index (χ1) is 5.59. The summed E-state index contributed by atoms with van der Waals surface area (Å²) in [4.78, 5) is 0. The number of nitrogens with one attached hydrogen (secondary N) is 1. The lowest BCUT2D eigenvalue weighted by molar-refractivity contribution is 0.399. The van der Waals surface area contributed by atoms with Crippen molar-refractivity contribution < 1.29 is 0 Å². The van der Waals surface area contributed by atoms with Crippen LogP contribution in [-0.4, -0.2) is 27.0 Å². The first kappa shape index (κ1) is 10.2. The van der Waals surface area contributed by atoms with Crippen molar-refractivity contribution in [3.63, 3.8) is 0 Å². The maximum absolute atomic E-state index is 3.28. The second-order valence-corrected chi connectivity index (χ2v) is 9.21. The Hall–Kier alpha value is 0.137. The van der Waals surface area contributed by atoms with Crippen LogP contribution in [0.2, 0.25) is 18.6 Å². The van der Waals surface area contributed by atoms with Crippen molar-refractivity contribution in [2.45, 2.75) is 44.3 Å². The van der Waals surface area contributed by atoms with Gasteiger partial charge >= 0.3 is 0 Å². The largest absolute Gasteiger partial charge is 0.269 e. The van der Waals surface area contributed by atoms with Crippen molar-refractivity contribution in [1.29, 1.82) is 0 Å². The predicted molar refractivity (Wildman–Crippen MR) is 56.5 cm³/mol. The number of hydrogen-bond acceptors (Lipinski definition) is 2. The van der Waals surface area contributed by atoms with Gasteiger partial charge in [0.05, 0.1) is 0 Å². The summed E-state index contributed by atoms with van der Waals surface area (Å²) in [6.07, 6.45) is 5.84. The fourth-order valence-electron chi connectivity index (χ4n) is 2.19. The molecule has 72 valence electrons. The average molecular weight is 186 g/mol. The molecule has 1 N–H and O–H groups in total. The van der Waals surface area contributed by atoms with Gasteiger partial charge in [0.2, 0.25) is 0 Å². The Morgan fingerprint density at radius 3 is 2.17 bits per heavy atom. The van der Waals surface area contributed by atoms with E-state index in [0.717, 1.165) is 5.54 Å².